The Morgan fingerprint density at radius 2 is 1.89 bits per heavy atom. The number of fused-ring (bicyclic) bond motifs is 1. The molecule has 0 N–H and O–H groups in total. The summed E-state index contributed by atoms with van der Waals surface area (Å²) in [5, 5.41) is 1.50. The predicted octanol–water partition coefficient (Wildman–Crippen LogP) is 4.21. The van der Waals surface area contributed by atoms with Crippen molar-refractivity contribution < 1.29 is 8.78 Å². The van der Waals surface area contributed by atoms with Crippen LogP contribution in [0, 0.1) is 0 Å². The lowest BCUT2D eigenvalue weighted by atomic mass is 10.1. The molecule has 27 heavy (non-hydrogen) atoms. The van der Waals surface area contributed by atoms with Gasteiger partial charge in [-0.1, -0.05) is 35.5 Å². The van der Waals surface area contributed by atoms with Gasteiger partial charge in [0, 0.05) is 11.6 Å². The van der Waals surface area contributed by atoms with Crippen LogP contribution in [0.2, 0.25) is 5.02 Å². The topological polar surface area (TPSA) is 38.1 Å². The summed E-state index contributed by atoms with van der Waals surface area (Å²) in [6, 6.07) is 12.4. The molecule has 1 aliphatic rings. The van der Waals surface area contributed by atoms with E-state index in [-0.39, 0.29) is 18.6 Å². The van der Waals surface area contributed by atoms with Crippen molar-refractivity contribution >= 4 is 34.3 Å². The molecule has 0 atom stereocenters. The molecule has 0 radical (unpaired) electrons. The van der Waals surface area contributed by atoms with Crippen LogP contribution < -0.4 is 5.56 Å². The maximum atomic E-state index is 13.0. The fourth-order valence-electron chi connectivity index (χ4n) is 3.23. The third kappa shape index (κ3) is 3.59. The van der Waals surface area contributed by atoms with Crippen molar-refractivity contribution in [1.29, 1.82) is 0 Å². The van der Waals surface area contributed by atoms with Gasteiger partial charge in [0.25, 0.3) is 11.5 Å². The number of hydrogen-bond acceptors (Lipinski definition) is 4. The standard InChI is InChI=1S/C19H16ClF2N3OS/c1-27-18-23-16-7-4-13(20)8-15(16)17(26)25(18)14-5-2-12(3-6-14)9-24-10-19(21,22)11-24/h2-8H,9-11H2,1H3. The zero-order valence-corrected chi connectivity index (χ0v) is 16.0. The van der Waals surface area contributed by atoms with E-state index in [9.17, 15) is 13.6 Å². The van der Waals surface area contributed by atoms with Gasteiger partial charge in [0.05, 0.1) is 29.7 Å². The van der Waals surface area contributed by atoms with Crippen LogP contribution in [0.15, 0.2) is 52.4 Å². The number of benzene rings is 2. The number of aromatic nitrogens is 2. The van der Waals surface area contributed by atoms with Crippen molar-refractivity contribution in [3.8, 4) is 5.69 Å². The molecule has 0 bridgehead atoms. The molecule has 2 aromatic carbocycles. The Morgan fingerprint density at radius 1 is 1.19 bits per heavy atom. The van der Waals surface area contributed by atoms with Crippen LogP contribution in [-0.2, 0) is 6.54 Å². The largest absolute Gasteiger partial charge is 0.287 e. The minimum Gasteiger partial charge on any atom is -0.287 e. The van der Waals surface area contributed by atoms with Crippen LogP contribution in [0.3, 0.4) is 0 Å². The van der Waals surface area contributed by atoms with Gasteiger partial charge in [0.1, 0.15) is 0 Å². The zero-order valence-electron chi connectivity index (χ0n) is 14.5. The first kappa shape index (κ1) is 18.4. The van der Waals surface area contributed by atoms with Crippen LogP contribution >= 0.6 is 23.4 Å². The molecule has 140 valence electrons. The van der Waals surface area contributed by atoms with Crippen molar-refractivity contribution in [2.75, 3.05) is 19.3 Å². The van der Waals surface area contributed by atoms with Crippen LogP contribution in [0.1, 0.15) is 5.56 Å². The van der Waals surface area contributed by atoms with Crippen molar-refractivity contribution in [1.82, 2.24) is 14.5 Å². The second-order valence-corrected chi connectivity index (χ2v) is 7.78. The van der Waals surface area contributed by atoms with Crippen molar-refractivity contribution in [3.63, 3.8) is 0 Å². The van der Waals surface area contributed by atoms with Crippen LogP contribution in [0.25, 0.3) is 16.6 Å². The fourth-order valence-corrected chi connectivity index (χ4v) is 3.96. The Kier molecular flexibility index (Phi) is 4.70. The molecule has 0 spiro atoms. The van der Waals surface area contributed by atoms with E-state index in [1.165, 1.54) is 11.8 Å². The molecule has 0 amide bonds. The van der Waals surface area contributed by atoms with Crippen molar-refractivity contribution in [3.05, 3.63) is 63.4 Å². The molecule has 1 fully saturated rings. The van der Waals surface area contributed by atoms with Gasteiger partial charge >= 0.3 is 0 Å². The average molecular weight is 408 g/mol. The summed E-state index contributed by atoms with van der Waals surface area (Å²) in [6.45, 7) is 0.0477. The molecule has 8 heteroatoms. The Labute approximate surface area is 163 Å². The highest BCUT2D eigenvalue weighted by molar-refractivity contribution is 7.98. The third-order valence-corrected chi connectivity index (χ3v) is 5.37. The first-order chi connectivity index (χ1) is 12.9. The second-order valence-electron chi connectivity index (χ2n) is 6.57. The molecular weight excluding hydrogens is 392 g/mol. The van der Waals surface area contributed by atoms with Crippen LogP contribution in [0.5, 0.6) is 0 Å². The monoisotopic (exact) mass is 407 g/mol. The molecular formula is C19H16ClF2N3OS. The van der Waals surface area contributed by atoms with E-state index in [0.29, 0.717) is 33.3 Å². The highest BCUT2D eigenvalue weighted by atomic mass is 35.5. The van der Waals surface area contributed by atoms with E-state index in [1.807, 2.05) is 30.5 Å². The van der Waals surface area contributed by atoms with Crippen molar-refractivity contribution in [2.24, 2.45) is 0 Å². The number of hydrogen-bond donors (Lipinski definition) is 0. The molecule has 0 unspecified atom stereocenters. The Morgan fingerprint density at radius 3 is 2.52 bits per heavy atom. The van der Waals surface area contributed by atoms with E-state index >= 15 is 0 Å². The molecule has 1 aliphatic heterocycles. The summed E-state index contributed by atoms with van der Waals surface area (Å²) in [6.07, 6.45) is 1.86. The van der Waals surface area contributed by atoms with Gasteiger partial charge in [0.2, 0.25) is 0 Å². The van der Waals surface area contributed by atoms with E-state index in [0.717, 1.165) is 5.56 Å². The SMILES string of the molecule is CSc1nc2ccc(Cl)cc2c(=O)n1-c1ccc(CN2CC(F)(F)C2)cc1. The summed E-state index contributed by atoms with van der Waals surface area (Å²) in [5.41, 5.74) is 2.00. The van der Waals surface area contributed by atoms with Gasteiger partial charge in [-0.05, 0) is 42.2 Å². The number of halogens is 3. The average Bonchev–Trinajstić information content (AvgIpc) is 2.61. The summed E-state index contributed by atoms with van der Waals surface area (Å²) < 4.78 is 27.5. The molecule has 3 aromatic rings. The van der Waals surface area contributed by atoms with Crippen molar-refractivity contribution in [2.45, 2.75) is 17.6 Å². The summed E-state index contributed by atoms with van der Waals surface area (Å²) in [4.78, 5) is 19.3. The Bertz CT molecular complexity index is 1060. The number of rotatable bonds is 4. The van der Waals surface area contributed by atoms with Gasteiger partial charge < -0.3 is 0 Å². The lowest BCUT2D eigenvalue weighted by Crippen LogP contribution is -2.55. The third-order valence-electron chi connectivity index (χ3n) is 4.49. The Hall–Kier alpha value is -1.96. The summed E-state index contributed by atoms with van der Waals surface area (Å²) >= 11 is 7.41. The smallest absolute Gasteiger partial charge is 0.272 e. The van der Waals surface area contributed by atoms with Gasteiger partial charge in [0.15, 0.2) is 5.16 Å². The molecule has 0 saturated carbocycles. The van der Waals surface area contributed by atoms with E-state index in [4.69, 9.17) is 11.6 Å². The highest BCUT2D eigenvalue weighted by Crippen LogP contribution is 2.28. The molecule has 0 aliphatic carbocycles. The number of thioether (sulfide) groups is 1. The summed E-state index contributed by atoms with van der Waals surface area (Å²) in [7, 11) is 0. The second kappa shape index (κ2) is 6.89. The van der Waals surface area contributed by atoms with Gasteiger partial charge in [-0.3, -0.25) is 14.3 Å². The molecule has 2 heterocycles. The predicted molar refractivity (Wildman–Crippen MR) is 104 cm³/mol. The number of likely N-dealkylation sites (tertiary alicyclic amines) is 1. The molecule has 4 rings (SSSR count). The van der Waals surface area contributed by atoms with Gasteiger partial charge in [-0.25, -0.2) is 13.8 Å². The minimum absolute atomic E-state index is 0.193. The van der Waals surface area contributed by atoms with E-state index in [2.05, 4.69) is 4.98 Å². The quantitative estimate of drug-likeness (QED) is 0.479. The summed E-state index contributed by atoms with van der Waals surface area (Å²) in [5.74, 6) is -2.57. The Balaban J connectivity index is 1.69. The molecule has 1 aromatic heterocycles. The normalized spacial score (nSPS) is 16.4. The maximum absolute atomic E-state index is 13.0. The molecule has 4 nitrogen and oxygen atoms in total. The van der Waals surface area contributed by atoms with E-state index < -0.39 is 5.92 Å². The first-order valence-corrected chi connectivity index (χ1v) is 9.92. The fraction of sp³-hybridized carbons (Fsp3) is 0.263. The van der Waals surface area contributed by atoms with E-state index in [1.54, 1.807) is 27.7 Å². The lowest BCUT2D eigenvalue weighted by molar-refractivity contribution is -0.133. The minimum atomic E-state index is -2.57. The number of alkyl halides is 2. The van der Waals surface area contributed by atoms with Gasteiger partial charge in [-0.2, -0.15) is 0 Å². The number of nitrogens with zero attached hydrogens (tertiary/aromatic N) is 3. The maximum Gasteiger partial charge on any atom is 0.272 e. The first-order valence-electron chi connectivity index (χ1n) is 8.32. The van der Waals surface area contributed by atoms with Crippen LogP contribution in [-0.4, -0.2) is 39.7 Å². The van der Waals surface area contributed by atoms with Gasteiger partial charge in [-0.15, -0.1) is 0 Å². The highest BCUT2D eigenvalue weighted by Gasteiger charge is 2.43. The molecule has 1 saturated heterocycles. The zero-order chi connectivity index (χ0) is 19.2. The van der Waals surface area contributed by atoms with Crippen LogP contribution in [0.4, 0.5) is 8.78 Å². The lowest BCUT2D eigenvalue weighted by Gasteiger charge is -2.38.